The molecular weight excluding hydrogens is 559 g/mol. The first-order chi connectivity index (χ1) is 21.8. The molecule has 9 rings (SSSR count). The number of anilines is 3. The summed E-state index contributed by atoms with van der Waals surface area (Å²) >= 11 is 0. The summed E-state index contributed by atoms with van der Waals surface area (Å²) in [6.45, 7) is 7.24. The molecule has 226 valence electrons. The number of benzene rings is 5. The quantitative estimate of drug-likeness (QED) is 0.167. The number of rotatable bonds is 7. The zero-order valence-corrected chi connectivity index (χ0v) is 28.0. The van der Waals surface area contributed by atoms with Crippen LogP contribution in [0, 0.1) is 17.8 Å². The summed E-state index contributed by atoms with van der Waals surface area (Å²) < 4.78 is 0. The Morgan fingerprint density at radius 2 is 0.844 bits per heavy atom. The van der Waals surface area contributed by atoms with Crippen LogP contribution in [-0.2, 0) is 5.41 Å². The predicted octanol–water partition coefficient (Wildman–Crippen LogP) is 11.5. The minimum Gasteiger partial charge on any atom is -0.311 e. The Balaban J connectivity index is 1.09. The Morgan fingerprint density at radius 1 is 0.467 bits per heavy atom. The van der Waals surface area contributed by atoms with Crippen molar-refractivity contribution < 1.29 is 0 Å². The average Bonchev–Trinajstić information content (AvgIpc) is 3.05. The molecule has 0 aromatic heterocycles. The Bertz CT molecular complexity index is 1730. The maximum absolute atomic E-state index is 2.47. The lowest BCUT2D eigenvalue weighted by molar-refractivity contribution is -0.00518. The van der Waals surface area contributed by atoms with Crippen molar-refractivity contribution >= 4 is 30.3 Å². The Morgan fingerprint density at radius 3 is 1.27 bits per heavy atom. The molecular formula is C43H45NSi. The van der Waals surface area contributed by atoms with Crippen LogP contribution in [0.3, 0.4) is 0 Å². The van der Waals surface area contributed by atoms with Gasteiger partial charge in [0.1, 0.15) is 0 Å². The van der Waals surface area contributed by atoms with Gasteiger partial charge in [0.25, 0.3) is 0 Å². The first-order valence-corrected chi connectivity index (χ1v) is 20.6. The highest BCUT2D eigenvalue weighted by Crippen LogP contribution is 2.60. The lowest BCUT2D eigenvalue weighted by atomic mass is 9.48. The van der Waals surface area contributed by atoms with Gasteiger partial charge in [-0.2, -0.15) is 0 Å². The number of hydrogen-bond donors (Lipinski definition) is 0. The van der Waals surface area contributed by atoms with Crippen molar-refractivity contribution in [2.24, 2.45) is 17.8 Å². The van der Waals surface area contributed by atoms with E-state index in [4.69, 9.17) is 0 Å². The molecule has 1 nitrogen and oxygen atoms in total. The molecule has 0 aliphatic heterocycles. The van der Waals surface area contributed by atoms with Gasteiger partial charge in [-0.1, -0.05) is 116 Å². The van der Waals surface area contributed by atoms with E-state index in [0.29, 0.717) is 5.41 Å². The molecule has 0 radical (unpaired) electrons. The van der Waals surface area contributed by atoms with Crippen LogP contribution in [0.5, 0.6) is 0 Å². The van der Waals surface area contributed by atoms with Gasteiger partial charge >= 0.3 is 0 Å². The van der Waals surface area contributed by atoms with Gasteiger partial charge in [-0.25, -0.2) is 0 Å². The monoisotopic (exact) mass is 603 g/mol. The SMILES string of the molecule is C[Si](C)(C)c1ccc(N(c2ccc(-c3ccccc3)cc2)c2ccc(-c3ccc(C45CC6CC(CC(C6)C4)C5)cc3)cc2)cc1. The van der Waals surface area contributed by atoms with Crippen LogP contribution in [0.2, 0.25) is 19.6 Å². The van der Waals surface area contributed by atoms with E-state index in [9.17, 15) is 0 Å². The highest BCUT2D eigenvalue weighted by molar-refractivity contribution is 6.88. The molecule has 2 heteroatoms. The minimum absolute atomic E-state index is 0.457. The van der Waals surface area contributed by atoms with Crippen molar-refractivity contribution in [3.8, 4) is 22.3 Å². The molecule has 4 aliphatic rings. The molecule has 0 N–H and O–H groups in total. The van der Waals surface area contributed by atoms with Gasteiger partial charge in [-0.05, 0) is 126 Å². The Kier molecular flexibility index (Phi) is 7.10. The first-order valence-electron chi connectivity index (χ1n) is 17.1. The van der Waals surface area contributed by atoms with Crippen LogP contribution in [0.1, 0.15) is 44.1 Å². The standard InChI is InChI=1S/C43H45NSi/c1-45(2,3)42-23-21-41(22-24-42)44(39-17-11-36(12-18-39)34-7-5-4-6-8-34)40-19-13-37(14-20-40)35-9-15-38(16-10-35)43-28-31-25-32(29-43)27-33(26-31)30-43/h4-24,31-33H,25-30H2,1-3H3. The van der Waals surface area contributed by atoms with Gasteiger partial charge in [0.15, 0.2) is 0 Å². The third kappa shape index (κ3) is 5.48. The van der Waals surface area contributed by atoms with Gasteiger partial charge in [-0.3, -0.25) is 0 Å². The summed E-state index contributed by atoms with van der Waals surface area (Å²) in [5.74, 6) is 2.94. The van der Waals surface area contributed by atoms with Crippen LogP contribution in [0.25, 0.3) is 22.3 Å². The summed E-state index contributed by atoms with van der Waals surface area (Å²) in [7, 11) is -1.38. The van der Waals surface area contributed by atoms with Crippen molar-refractivity contribution in [3.05, 3.63) is 133 Å². The zero-order chi connectivity index (χ0) is 30.6. The van der Waals surface area contributed by atoms with E-state index in [2.05, 4.69) is 152 Å². The lowest BCUT2D eigenvalue weighted by Crippen LogP contribution is -2.48. The van der Waals surface area contributed by atoms with E-state index < -0.39 is 8.07 Å². The van der Waals surface area contributed by atoms with Crippen molar-refractivity contribution in [1.29, 1.82) is 0 Å². The lowest BCUT2D eigenvalue weighted by Gasteiger charge is -2.57. The Hall–Kier alpha value is -3.88. The maximum atomic E-state index is 2.47. The van der Waals surface area contributed by atoms with E-state index in [1.807, 2.05) is 0 Å². The second kappa shape index (κ2) is 11.2. The molecule has 4 fully saturated rings. The summed E-state index contributed by atoms with van der Waals surface area (Å²) in [5.41, 5.74) is 10.7. The molecule has 4 aliphatic carbocycles. The molecule has 0 amide bonds. The van der Waals surface area contributed by atoms with E-state index in [-0.39, 0.29) is 0 Å². The van der Waals surface area contributed by atoms with Crippen molar-refractivity contribution in [3.63, 3.8) is 0 Å². The Labute approximate surface area is 271 Å². The summed E-state index contributed by atoms with van der Waals surface area (Å²) in [4.78, 5) is 2.39. The normalized spacial score (nSPS) is 23.7. The van der Waals surface area contributed by atoms with Crippen LogP contribution in [-0.4, -0.2) is 8.07 Å². The van der Waals surface area contributed by atoms with Crippen LogP contribution in [0.4, 0.5) is 17.1 Å². The molecule has 0 heterocycles. The molecule has 0 unspecified atom stereocenters. The first kappa shape index (κ1) is 28.6. The minimum atomic E-state index is -1.38. The van der Waals surface area contributed by atoms with Crippen LogP contribution in [0.15, 0.2) is 127 Å². The smallest absolute Gasteiger partial charge is 0.0775 e. The second-order valence-corrected chi connectivity index (χ2v) is 20.4. The number of hydrogen-bond acceptors (Lipinski definition) is 1. The van der Waals surface area contributed by atoms with E-state index in [0.717, 1.165) is 17.8 Å². The van der Waals surface area contributed by atoms with E-state index >= 15 is 0 Å². The third-order valence-electron chi connectivity index (χ3n) is 11.2. The van der Waals surface area contributed by atoms with E-state index in [1.54, 1.807) is 5.56 Å². The topological polar surface area (TPSA) is 3.24 Å². The average molecular weight is 604 g/mol. The predicted molar refractivity (Wildman–Crippen MR) is 195 cm³/mol. The summed E-state index contributed by atoms with van der Waals surface area (Å²) in [6, 6.07) is 47.8. The largest absolute Gasteiger partial charge is 0.311 e. The molecule has 0 spiro atoms. The molecule has 5 aromatic rings. The summed E-state index contributed by atoms with van der Waals surface area (Å²) in [6.07, 6.45) is 8.78. The highest BCUT2D eigenvalue weighted by Gasteiger charge is 2.51. The summed E-state index contributed by atoms with van der Waals surface area (Å²) in [5, 5.41) is 1.48. The van der Waals surface area contributed by atoms with Crippen molar-refractivity contribution in [2.75, 3.05) is 4.90 Å². The fourth-order valence-electron chi connectivity index (χ4n) is 9.27. The van der Waals surface area contributed by atoms with Crippen LogP contribution < -0.4 is 10.1 Å². The van der Waals surface area contributed by atoms with Gasteiger partial charge < -0.3 is 4.90 Å². The maximum Gasteiger partial charge on any atom is 0.0775 e. The highest BCUT2D eigenvalue weighted by atomic mass is 28.3. The van der Waals surface area contributed by atoms with Gasteiger partial charge in [-0.15, -0.1) is 0 Å². The third-order valence-corrected chi connectivity index (χ3v) is 13.3. The molecule has 0 saturated heterocycles. The zero-order valence-electron chi connectivity index (χ0n) is 27.0. The van der Waals surface area contributed by atoms with Gasteiger partial charge in [0, 0.05) is 17.1 Å². The molecule has 4 bridgehead atoms. The second-order valence-electron chi connectivity index (χ2n) is 15.4. The fraction of sp³-hybridized carbons (Fsp3) is 0.302. The fourth-order valence-corrected chi connectivity index (χ4v) is 10.4. The molecule has 5 aromatic carbocycles. The molecule has 45 heavy (non-hydrogen) atoms. The van der Waals surface area contributed by atoms with Gasteiger partial charge in [0.05, 0.1) is 8.07 Å². The van der Waals surface area contributed by atoms with Crippen LogP contribution >= 0.6 is 0 Å². The number of nitrogens with zero attached hydrogens (tertiary/aromatic N) is 1. The van der Waals surface area contributed by atoms with Crippen molar-refractivity contribution in [1.82, 2.24) is 0 Å². The molecule has 0 atom stereocenters. The molecule has 4 saturated carbocycles. The van der Waals surface area contributed by atoms with Gasteiger partial charge in [0.2, 0.25) is 0 Å². The van der Waals surface area contributed by atoms with E-state index in [1.165, 1.54) is 83.0 Å². The van der Waals surface area contributed by atoms with Crippen molar-refractivity contribution in [2.45, 2.75) is 63.6 Å².